The lowest BCUT2D eigenvalue weighted by Crippen LogP contribution is -2.27. The minimum atomic E-state index is -0.140. The third-order valence-corrected chi connectivity index (χ3v) is 2.63. The summed E-state index contributed by atoms with van der Waals surface area (Å²) in [5.41, 5.74) is 1.47. The zero-order valence-electron chi connectivity index (χ0n) is 10.5. The molecule has 0 bridgehead atoms. The molecule has 0 saturated carbocycles. The van der Waals surface area contributed by atoms with Gasteiger partial charge < -0.3 is 15.2 Å². The highest BCUT2D eigenvalue weighted by molar-refractivity contribution is 5.97. The molecule has 0 unspecified atom stereocenters. The molecule has 2 aromatic rings. The van der Waals surface area contributed by atoms with Gasteiger partial charge in [0.05, 0.1) is 25.3 Å². The molecule has 1 aromatic heterocycles. The summed E-state index contributed by atoms with van der Waals surface area (Å²) in [6, 6.07) is 9.15. The predicted octanol–water partition coefficient (Wildman–Crippen LogP) is 0.973. The number of aliphatic hydroxyl groups excluding tert-OH is 1. The van der Waals surface area contributed by atoms with E-state index in [2.05, 4.69) is 10.3 Å². The number of pyridine rings is 1. The normalized spacial score (nSPS) is 10.6. The Hall–Kier alpha value is -1.98. The summed E-state index contributed by atoms with van der Waals surface area (Å²) in [7, 11) is 0. The van der Waals surface area contributed by atoms with Crippen molar-refractivity contribution < 1.29 is 14.6 Å². The number of carbonyl (C=O) groups excluding carboxylic acids is 1. The topological polar surface area (TPSA) is 71.5 Å². The van der Waals surface area contributed by atoms with E-state index in [1.54, 1.807) is 12.3 Å². The number of nitrogens with one attached hydrogen (secondary N) is 1. The summed E-state index contributed by atoms with van der Waals surface area (Å²) >= 11 is 0. The number of nitrogens with zero attached hydrogens (tertiary/aromatic N) is 1. The van der Waals surface area contributed by atoms with E-state index >= 15 is 0 Å². The van der Waals surface area contributed by atoms with Gasteiger partial charge in [0, 0.05) is 23.7 Å². The average molecular weight is 260 g/mol. The van der Waals surface area contributed by atoms with E-state index in [1.165, 1.54) is 0 Å². The van der Waals surface area contributed by atoms with Gasteiger partial charge in [-0.1, -0.05) is 6.07 Å². The standard InChI is InChI=1S/C14H16N2O3/c17-7-9-19-8-6-16-14(18)12-3-4-13-11(10-12)2-1-5-15-13/h1-5,10,17H,6-9H2,(H,16,18). The molecule has 2 N–H and O–H groups in total. The van der Waals surface area contributed by atoms with Gasteiger partial charge in [0.1, 0.15) is 0 Å². The third-order valence-electron chi connectivity index (χ3n) is 2.63. The maximum atomic E-state index is 11.9. The van der Waals surface area contributed by atoms with Crippen LogP contribution in [0.4, 0.5) is 0 Å². The van der Waals surface area contributed by atoms with Gasteiger partial charge in [-0.3, -0.25) is 9.78 Å². The Morgan fingerprint density at radius 2 is 2.21 bits per heavy atom. The van der Waals surface area contributed by atoms with Crippen LogP contribution >= 0.6 is 0 Å². The summed E-state index contributed by atoms with van der Waals surface area (Å²) in [6.07, 6.45) is 1.72. The van der Waals surface area contributed by atoms with Crippen molar-refractivity contribution in [1.82, 2.24) is 10.3 Å². The SMILES string of the molecule is O=C(NCCOCCO)c1ccc2ncccc2c1. The molecule has 5 nitrogen and oxygen atoms in total. The van der Waals surface area contributed by atoms with Crippen LogP contribution in [0.3, 0.4) is 0 Å². The first-order chi connectivity index (χ1) is 9.31. The Labute approximate surface area is 111 Å². The van der Waals surface area contributed by atoms with E-state index in [9.17, 15) is 4.79 Å². The van der Waals surface area contributed by atoms with Gasteiger partial charge in [0.15, 0.2) is 0 Å². The first kappa shape index (κ1) is 13.5. The van der Waals surface area contributed by atoms with Crippen LogP contribution in [0.2, 0.25) is 0 Å². The molecule has 0 aliphatic carbocycles. The average Bonchev–Trinajstić information content (AvgIpc) is 2.46. The molecule has 0 saturated heterocycles. The highest BCUT2D eigenvalue weighted by Gasteiger charge is 2.05. The van der Waals surface area contributed by atoms with Gasteiger partial charge in [-0.15, -0.1) is 0 Å². The van der Waals surface area contributed by atoms with Gasteiger partial charge in [-0.2, -0.15) is 0 Å². The number of aliphatic hydroxyl groups is 1. The Morgan fingerprint density at radius 3 is 3.05 bits per heavy atom. The molecule has 0 radical (unpaired) electrons. The largest absolute Gasteiger partial charge is 0.394 e. The number of hydrogen-bond acceptors (Lipinski definition) is 4. The van der Waals surface area contributed by atoms with E-state index < -0.39 is 0 Å². The van der Waals surface area contributed by atoms with E-state index in [1.807, 2.05) is 24.3 Å². The van der Waals surface area contributed by atoms with Crippen LogP contribution < -0.4 is 5.32 Å². The number of amides is 1. The van der Waals surface area contributed by atoms with Crippen LogP contribution in [0.5, 0.6) is 0 Å². The second-order valence-electron chi connectivity index (χ2n) is 4.00. The van der Waals surface area contributed by atoms with E-state index in [4.69, 9.17) is 9.84 Å². The Bertz CT molecular complexity index is 557. The van der Waals surface area contributed by atoms with E-state index in [0.29, 0.717) is 18.7 Å². The Morgan fingerprint density at radius 1 is 1.32 bits per heavy atom. The van der Waals surface area contributed by atoms with Gasteiger partial charge >= 0.3 is 0 Å². The molecule has 19 heavy (non-hydrogen) atoms. The van der Waals surface area contributed by atoms with Crippen LogP contribution in [0.1, 0.15) is 10.4 Å². The van der Waals surface area contributed by atoms with Gasteiger partial charge in [-0.05, 0) is 24.3 Å². The molecule has 0 fully saturated rings. The summed E-state index contributed by atoms with van der Waals surface area (Å²) in [5, 5.41) is 12.2. The molecule has 0 spiro atoms. The molecule has 5 heteroatoms. The second kappa shape index (κ2) is 6.82. The van der Waals surface area contributed by atoms with Crippen molar-refractivity contribution in [2.75, 3.05) is 26.4 Å². The number of aromatic nitrogens is 1. The van der Waals surface area contributed by atoms with Crippen molar-refractivity contribution in [3.63, 3.8) is 0 Å². The zero-order valence-corrected chi connectivity index (χ0v) is 10.5. The van der Waals surface area contributed by atoms with Crippen molar-refractivity contribution in [3.8, 4) is 0 Å². The van der Waals surface area contributed by atoms with Crippen molar-refractivity contribution in [3.05, 3.63) is 42.1 Å². The van der Waals surface area contributed by atoms with Crippen LogP contribution in [0.15, 0.2) is 36.5 Å². The summed E-state index contributed by atoms with van der Waals surface area (Å²) in [4.78, 5) is 16.1. The van der Waals surface area contributed by atoms with Gasteiger partial charge in [0.25, 0.3) is 5.91 Å². The van der Waals surface area contributed by atoms with Crippen molar-refractivity contribution in [2.24, 2.45) is 0 Å². The summed E-state index contributed by atoms with van der Waals surface area (Å²) in [5.74, 6) is -0.140. The number of rotatable bonds is 6. The minimum absolute atomic E-state index is 0.00831. The van der Waals surface area contributed by atoms with Crippen LogP contribution in [0, 0.1) is 0 Å². The molecule has 1 heterocycles. The fourth-order valence-corrected chi connectivity index (χ4v) is 1.72. The van der Waals surface area contributed by atoms with Crippen molar-refractivity contribution in [1.29, 1.82) is 0 Å². The molecule has 0 atom stereocenters. The fourth-order valence-electron chi connectivity index (χ4n) is 1.72. The first-order valence-electron chi connectivity index (χ1n) is 6.13. The first-order valence-corrected chi connectivity index (χ1v) is 6.13. The van der Waals surface area contributed by atoms with Crippen molar-refractivity contribution in [2.45, 2.75) is 0 Å². The number of hydrogen-bond donors (Lipinski definition) is 2. The second-order valence-corrected chi connectivity index (χ2v) is 4.00. The Kier molecular flexibility index (Phi) is 4.83. The van der Waals surface area contributed by atoms with Gasteiger partial charge in [-0.25, -0.2) is 0 Å². The summed E-state index contributed by atoms with van der Waals surface area (Å²) in [6.45, 7) is 1.09. The smallest absolute Gasteiger partial charge is 0.251 e. The van der Waals surface area contributed by atoms with Crippen LogP contribution in [-0.4, -0.2) is 42.4 Å². The molecule has 100 valence electrons. The van der Waals surface area contributed by atoms with Crippen molar-refractivity contribution >= 4 is 16.8 Å². The number of carbonyl (C=O) groups is 1. The number of fused-ring (bicyclic) bond motifs is 1. The highest BCUT2D eigenvalue weighted by Crippen LogP contribution is 2.13. The maximum Gasteiger partial charge on any atom is 0.251 e. The lowest BCUT2D eigenvalue weighted by atomic mass is 10.1. The number of benzene rings is 1. The number of ether oxygens (including phenoxy) is 1. The third kappa shape index (κ3) is 3.74. The van der Waals surface area contributed by atoms with E-state index in [-0.39, 0.29) is 19.1 Å². The predicted molar refractivity (Wildman–Crippen MR) is 72.0 cm³/mol. The lowest BCUT2D eigenvalue weighted by Gasteiger charge is -2.06. The Balaban J connectivity index is 1.93. The molecule has 0 aliphatic rings. The zero-order chi connectivity index (χ0) is 13.5. The summed E-state index contributed by atoms with van der Waals surface area (Å²) < 4.78 is 5.06. The molecule has 1 aromatic carbocycles. The molecular formula is C14H16N2O3. The van der Waals surface area contributed by atoms with Gasteiger partial charge in [0.2, 0.25) is 0 Å². The lowest BCUT2D eigenvalue weighted by molar-refractivity contribution is 0.0838. The van der Waals surface area contributed by atoms with Crippen LogP contribution in [0.25, 0.3) is 10.9 Å². The maximum absolute atomic E-state index is 11.9. The minimum Gasteiger partial charge on any atom is -0.394 e. The fraction of sp³-hybridized carbons (Fsp3) is 0.286. The quantitative estimate of drug-likeness (QED) is 0.759. The van der Waals surface area contributed by atoms with Crippen LogP contribution in [-0.2, 0) is 4.74 Å². The molecule has 2 rings (SSSR count). The molecular weight excluding hydrogens is 244 g/mol. The molecule has 1 amide bonds. The highest BCUT2D eigenvalue weighted by atomic mass is 16.5. The molecule has 0 aliphatic heterocycles. The monoisotopic (exact) mass is 260 g/mol. The van der Waals surface area contributed by atoms with E-state index in [0.717, 1.165) is 10.9 Å².